The van der Waals surface area contributed by atoms with Crippen LogP contribution in [-0.4, -0.2) is 17.1 Å². The minimum atomic E-state index is 0.167. The van der Waals surface area contributed by atoms with Crippen LogP contribution in [-0.2, 0) is 6.54 Å². The van der Waals surface area contributed by atoms with Gasteiger partial charge in [-0.3, -0.25) is 0 Å². The van der Waals surface area contributed by atoms with Crippen LogP contribution in [0.15, 0.2) is 22.7 Å². The van der Waals surface area contributed by atoms with Gasteiger partial charge < -0.3 is 10.6 Å². The molecule has 2 rings (SSSR count). The topological polar surface area (TPSA) is 24.1 Å². The maximum absolute atomic E-state index is 6.25. The molecule has 0 radical (unpaired) electrons. The molecule has 1 aliphatic heterocycles. The van der Waals surface area contributed by atoms with E-state index in [-0.39, 0.29) is 11.1 Å². The van der Waals surface area contributed by atoms with Crippen molar-refractivity contribution in [2.75, 3.05) is 0 Å². The van der Waals surface area contributed by atoms with Crippen molar-refractivity contribution in [3.63, 3.8) is 0 Å². The van der Waals surface area contributed by atoms with Crippen molar-refractivity contribution in [1.82, 2.24) is 10.6 Å². The molecule has 2 N–H and O–H groups in total. The Hall–Kier alpha value is -0.0900. The highest BCUT2D eigenvalue weighted by molar-refractivity contribution is 9.10. The van der Waals surface area contributed by atoms with E-state index in [4.69, 9.17) is 11.6 Å². The summed E-state index contributed by atoms with van der Waals surface area (Å²) in [5.74, 6) is 0. The predicted octanol–water partition coefficient (Wildman–Crippen LogP) is 4.50. The molecule has 0 spiro atoms. The number of piperidine rings is 1. The summed E-state index contributed by atoms with van der Waals surface area (Å²) >= 11 is 9.75. The first kappa shape index (κ1) is 16.3. The molecule has 0 aliphatic carbocycles. The number of nitrogens with one attached hydrogen (secondary N) is 2. The lowest BCUT2D eigenvalue weighted by Crippen LogP contribution is -2.61. The molecule has 0 aromatic heterocycles. The van der Waals surface area contributed by atoms with Gasteiger partial charge >= 0.3 is 0 Å². The van der Waals surface area contributed by atoms with E-state index in [0.29, 0.717) is 6.04 Å². The Morgan fingerprint density at radius 1 is 1.25 bits per heavy atom. The molecule has 1 saturated heterocycles. The zero-order valence-electron chi connectivity index (χ0n) is 12.7. The van der Waals surface area contributed by atoms with E-state index >= 15 is 0 Å². The third-order valence-corrected chi connectivity index (χ3v) is 4.64. The van der Waals surface area contributed by atoms with Crippen molar-refractivity contribution in [3.05, 3.63) is 33.3 Å². The Balaban J connectivity index is 2.01. The fourth-order valence-corrected chi connectivity index (χ4v) is 3.99. The van der Waals surface area contributed by atoms with Gasteiger partial charge in [-0.25, -0.2) is 0 Å². The van der Waals surface area contributed by atoms with Crippen LogP contribution in [0.4, 0.5) is 0 Å². The highest BCUT2D eigenvalue weighted by Gasteiger charge is 2.37. The van der Waals surface area contributed by atoms with Crippen molar-refractivity contribution in [3.8, 4) is 0 Å². The summed E-state index contributed by atoms with van der Waals surface area (Å²) in [5, 5.41) is 8.21. The Kier molecular flexibility index (Phi) is 4.85. The van der Waals surface area contributed by atoms with E-state index in [0.717, 1.165) is 34.4 Å². The second-order valence-corrected chi connectivity index (χ2v) is 8.44. The summed E-state index contributed by atoms with van der Waals surface area (Å²) in [4.78, 5) is 0. The summed E-state index contributed by atoms with van der Waals surface area (Å²) in [7, 11) is 0. The minimum Gasteiger partial charge on any atom is -0.310 e. The van der Waals surface area contributed by atoms with Crippen LogP contribution in [0.2, 0.25) is 5.02 Å². The zero-order valence-corrected chi connectivity index (χ0v) is 15.0. The van der Waals surface area contributed by atoms with Crippen molar-refractivity contribution >= 4 is 27.5 Å². The monoisotopic (exact) mass is 358 g/mol. The molecule has 0 saturated carbocycles. The fraction of sp³-hybridized carbons (Fsp3) is 0.625. The van der Waals surface area contributed by atoms with E-state index in [1.165, 1.54) is 0 Å². The molecule has 1 fully saturated rings. The number of rotatable bonds is 3. The van der Waals surface area contributed by atoms with E-state index in [9.17, 15) is 0 Å². The molecule has 112 valence electrons. The van der Waals surface area contributed by atoms with Gasteiger partial charge in [0.1, 0.15) is 0 Å². The van der Waals surface area contributed by atoms with Crippen LogP contribution in [0.5, 0.6) is 0 Å². The third-order valence-electron chi connectivity index (χ3n) is 3.78. The molecular weight excluding hydrogens is 336 g/mol. The smallest absolute Gasteiger partial charge is 0.0451 e. The molecule has 0 unspecified atom stereocenters. The van der Waals surface area contributed by atoms with Crippen molar-refractivity contribution in [1.29, 1.82) is 0 Å². The predicted molar refractivity (Wildman–Crippen MR) is 90.3 cm³/mol. The number of hydrogen-bond acceptors (Lipinski definition) is 2. The van der Waals surface area contributed by atoms with Gasteiger partial charge in [0.2, 0.25) is 0 Å². The van der Waals surface area contributed by atoms with Crippen LogP contribution < -0.4 is 10.6 Å². The van der Waals surface area contributed by atoms with Crippen LogP contribution in [0.3, 0.4) is 0 Å². The Morgan fingerprint density at radius 3 is 2.45 bits per heavy atom. The van der Waals surface area contributed by atoms with Gasteiger partial charge in [0.15, 0.2) is 0 Å². The molecule has 20 heavy (non-hydrogen) atoms. The van der Waals surface area contributed by atoms with E-state index in [1.807, 2.05) is 12.1 Å². The maximum Gasteiger partial charge on any atom is 0.0451 e. The second-order valence-electron chi connectivity index (χ2n) is 7.11. The van der Waals surface area contributed by atoms with E-state index in [2.05, 4.69) is 60.3 Å². The SMILES string of the molecule is CC1(C)CC(NCc2cc(Br)ccc2Cl)CC(C)(C)N1. The van der Waals surface area contributed by atoms with Gasteiger partial charge in [-0.1, -0.05) is 27.5 Å². The number of benzene rings is 1. The maximum atomic E-state index is 6.25. The largest absolute Gasteiger partial charge is 0.310 e. The van der Waals surface area contributed by atoms with Crippen molar-refractivity contribution < 1.29 is 0 Å². The lowest BCUT2D eigenvalue weighted by molar-refractivity contribution is 0.145. The molecular formula is C16H24BrClN2. The first-order valence-electron chi connectivity index (χ1n) is 7.14. The molecule has 4 heteroatoms. The second kappa shape index (κ2) is 5.96. The van der Waals surface area contributed by atoms with Crippen molar-refractivity contribution in [2.45, 2.75) is 64.2 Å². The molecule has 0 bridgehead atoms. The molecule has 0 amide bonds. The Morgan fingerprint density at radius 2 is 1.85 bits per heavy atom. The standard InChI is InChI=1S/C16H24BrClN2/c1-15(2)8-13(9-16(3,4)20-15)19-10-11-7-12(17)5-6-14(11)18/h5-7,13,19-20H,8-10H2,1-4H3. The van der Waals surface area contributed by atoms with Gasteiger partial charge in [-0.05, 0) is 64.3 Å². The molecule has 1 aromatic carbocycles. The lowest BCUT2D eigenvalue weighted by Gasteiger charge is -2.46. The zero-order chi connectivity index (χ0) is 15.0. The molecule has 1 aliphatic rings. The molecule has 0 atom stereocenters. The molecule has 1 heterocycles. The normalized spacial score (nSPS) is 21.9. The quantitative estimate of drug-likeness (QED) is 0.830. The number of hydrogen-bond donors (Lipinski definition) is 2. The minimum absolute atomic E-state index is 0.167. The highest BCUT2D eigenvalue weighted by Crippen LogP contribution is 2.29. The fourth-order valence-electron chi connectivity index (χ4n) is 3.40. The highest BCUT2D eigenvalue weighted by atomic mass is 79.9. The first-order valence-corrected chi connectivity index (χ1v) is 8.31. The van der Waals surface area contributed by atoms with Crippen LogP contribution in [0.1, 0.15) is 46.1 Å². The van der Waals surface area contributed by atoms with Gasteiger partial charge in [-0.15, -0.1) is 0 Å². The third kappa shape index (κ3) is 4.45. The van der Waals surface area contributed by atoms with Crippen LogP contribution in [0.25, 0.3) is 0 Å². The Bertz CT molecular complexity index is 469. The summed E-state index contributed by atoms with van der Waals surface area (Å²) in [5.41, 5.74) is 1.48. The summed E-state index contributed by atoms with van der Waals surface area (Å²) < 4.78 is 1.07. The summed E-state index contributed by atoms with van der Waals surface area (Å²) in [6.07, 6.45) is 2.25. The number of halogens is 2. The van der Waals surface area contributed by atoms with Crippen molar-refractivity contribution in [2.24, 2.45) is 0 Å². The van der Waals surface area contributed by atoms with E-state index < -0.39 is 0 Å². The first-order chi connectivity index (χ1) is 9.17. The van der Waals surface area contributed by atoms with Gasteiger partial charge in [0, 0.05) is 33.2 Å². The summed E-state index contributed by atoms with van der Waals surface area (Å²) in [6.45, 7) is 9.90. The van der Waals surface area contributed by atoms with Gasteiger partial charge in [0.25, 0.3) is 0 Å². The Labute approximate surface area is 135 Å². The molecule has 1 aromatic rings. The lowest BCUT2D eigenvalue weighted by atomic mass is 9.79. The van der Waals surface area contributed by atoms with Crippen LogP contribution >= 0.6 is 27.5 Å². The van der Waals surface area contributed by atoms with E-state index in [1.54, 1.807) is 0 Å². The average molecular weight is 360 g/mol. The molecule has 2 nitrogen and oxygen atoms in total. The van der Waals surface area contributed by atoms with Gasteiger partial charge in [-0.2, -0.15) is 0 Å². The summed E-state index contributed by atoms with van der Waals surface area (Å²) in [6, 6.07) is 6.52. The van der Waals surface area contributed by atoms with Crippen LogP contribution in [0, 0.1) is 0 Å². The average Bonchev–Trinajstić information content (AvgIpc) is 2.26. The van der Waals surface area contributed by atoms with Gasteiger partial charge in [0.05, 0.1) is 0 Å².